The van der Waals surface area contributed by atoms with Gasteiger partial charge in [-0.25, -0.2) is 9.37 Å². The predicted octanol–water partition coefficient (Wildman–Crippen LogP) is 3.37. The minimum Gasteiger partial charge on any atom is -0.360 e. The summed E-state index contributed by atoms with van der Waals surface area (Å²) in [5, 5.41) is 0. The third kappa shape index (κ3) is 1.37. The second-order valence-electron chi connectivity index (χ2n) is 3.59. The predicted molar refractivity (Wildman–Crippen MR) is 61.5 cm³/mol. The molecular formula is C13H9FN2. The van der Waals surface area contributed by atoms with E-state index in [0.717, 1.165) is 11.0 Å². The highest BCUT2D eigenvalue weighted by molar-refractivity contribution is 5.78. The number of halogens is 1. The van der Waals surface area contributed by atoms with Crippen molar-refractivity contribution in [2.24, 2.45) is 0 Å². The number of benzene rings is 1. The molecule has 0 fully saturated rings. The maximum atomic E-state index is 13.6. The number of nitrogens with one attached hydrogen (secondary N) is 1. The molecule has 2 heterocycles. The van der Waals surface area contributed by atoms with Crippen LogP contribution in [0.3, 0.4) is 0 Å². The van der Waals surface area contributed by atoms with Crippen molar-refractivity contribution in [3.63, 3.8) is 0 Å². The molecule has 0 bridgehead atoms. The van der Waals surface area contributed by atoms with Crippen molar-refractivity contribution in [2.75, 3.05) is 0 Å². The third-order valence-corrected chi connectivity index (χ3v) is 2.55. The number of hydrogen-bond acceptors (Lipinski definition) is 1. The summed E-state index contributed by atoms with van der Waals surface area (Å²) in [5.41, 5.74) is 3.00. The lowest BCUT2D eigenvalue weighted by Crippen LogP contribution is -1.87. The molecule has 0 spiro atoms. The molecule has 1 aromatic carbocycles. The average Bonchev–Trinajstić information content (AvgIpc) is 2.76. The molecule has 0 unspecified atom stereocenters. The molecule has 2 nitrogen and oxygen atoms in total. The van der Waals surface area contributed by atoms with Crippen molar-refractivity contribution >= 4 is 11.0 Å². The number of nitrogens with zero attached hydrogens (tertiary/aromatic N) is 1. The van der Waals surface area contributed by atoms with Crippen molar-refractivity contribution in [3.05, 3.63) is 54.5 Å². The normalized spacial score (nSPS) is 10.8. The highest BCUT2D eigenvalue weighted by atomic mass is 19.1. The quantitative estimate of drug-likeness (QED) is 0.658. The average molecular weight is 212 g/mol. The van der Waals surface area contributed by atoms with Crippen molar-refractivity contribution < 1.29 is 4.39 Å². The summed E-state index contributed by atoms with van der Waals surface area (Å²) in [6.07, 6.45) is 1.82. The molecule has 0 aliphatic carbocycles. The van der Waals surface area contributed by atoms with Gasteiger partial charge in [-0.15, -0.1) is 0 Å². The van der Waals surface area contributed by atoms with E-state index in [9.17, 15) is 4.39 Å². The maximum absolute atomic E-state index is 13.6. The first-order valence-electron chi connectivity index (χ1n) is 5.03. The van der Waals surface area contributed by atoms with Crippen molar-refractivity contribution in [1.82, 2.24) is 9.97 Å². The lowest BCUT2D eigenvalue weighted by molar-refractivity contribution is 0.631. The summed E-state index contributed by atoms with van der Waals surface area (Å²) in [5.74, 6) is -0.245. The highest BCUT2D eigenvalue weighted by Gasteiger charge is 2.06. The fourth-order valence-electron chi connectivity index (χ4n) is 1.75. The molecule has 0 aliphatic heterocycles. The van der Waals surface area contributed by atoms with E-state index >= 15 is 0 Å². The van der Waals surface area contributed by atoms with E-state index in [0.29, 0.717) is 11.3 Å². The first kappa shape index (κ1) is 9.09. The summed E-state index contributed by atoms with van der Waals surface area (Å²) in [7, 11) is 0. The minimum atomic E-state index is -0.245. The number of pyridine rings is 1. The maximum Gasteiger partial charge on any atom is 0.132 e. The van der Waals surface area contributed by atoms with Crippen molar-refractivity contribution in [1.29, 1.82) is 0 Å². The summed E-state index contributed by atoms with van der Waals surface area (Å²) >= 11 is 0. The Labute approximate surface area is 91.8 Å². The zero-order valence-electron chi connectivity index (χ0n) is 8.44. The Hall–Kier alpha value is -2.16. The van der Waals surface area contributed by atoms with Crippen LogP contribution in [0.2, 0.25) is 0 Å². The number of H-pyrrole nitrogens is 1. The fraction of sp³-hybridized carbons (Fsp3) is 0. The molecule has 1 N–H and O–H groups in total. The molecule has 0 amide bonds. The lowest BCUT2D eigenvalue weighted by atomic mass is 10.1. The van der Waals surface area contributed by atoms with Crippen LogP contribution in [-0.2, 0) is 0 Å². The van der Waals surface area contributed by atoms with Gasteiger partial charge in [0.2, 0.25) is 0 Å². The monoisotopic (exact) mass is 212 g/mol. The minimum absolute atomic E-state index is 0.245. The molecular weight excluding hydrogens is 203 g/mol. The zero-order chi connectivity index (χ0) is 11.0. The topological polar surface area (TPSA) is 28.7 Å². The summed E-state index contributed by atoms with van der Waals surface area (Å²) in [6, 6.07) is 12.3. The fourth-order valence-corrected chi connectivity index (χ4v) is 1.75. The smallest absolute Gasteiger partial charge is 0.132 e. The van der Waals surface area contributed by atoms with Crippen LogP contribution in [0.4, 0.5) is 4.39 Å². The van der Waals surface area contributed by atoms with Gasteiger partial charge in [0, 0.05) is 11.8 Å². The molecule has 3 rings (SSSR count). The van der Waals surface area contributed by atoms with Crippen molar-refractivity contribution in [2.45, 2.75) is 0 Å². The number of fused-ring (bicyclic) bond motifs is 1. The largest absolute Gasteiger partial charge is 0.360 e. The Morgan fingerprint density at radius 2 is 1.88 bits per heavy atom. The standard InChI is InChI=1S/C13H9FN2/c14-10-4-2-1-3-9(10)11-5-6-12-13(16-11)7-8-15-12/h1-8,15H. The Morgan fingerprint density at radius 1 is 1.00 bits per heavy atom. The van der Waals surface area contributed by atoms with Crippen LogP contribution in [0.5, 0.6) is 0 Å². The number of rotatable bonds is 1. The highest BCUT2D eigenvalue weighted by Crippen LogP contribution is 2.22. The van der Waals surface area contributed by atoms with Crippen LogP contribution in [0.25, 0.3) is 22.3 Å². The van der Waals surface area contributed by atoms with E-state index < -0.39 is 0 Å². The molecule has 2 aromatic heterocycles. The van der Waals surface area contributed by atoms with E-state index in [1.165, 1.54) is 6.07 Å². The van der Waals surface area contributed by atoms with E-state index in [2.05, 4.69) is 9.97 Å². The van der Waals surface area contributed by atoms with Gasteiger partial charge in [-0.3, -0.25) is 0 Å². The Kier molecular flexibility index (Phi) is 1.96. The van der Waals surface area contributed by atoms with E-state index in [4.69, 9.17) is 0 Å². The van der Waals surface area contributed by atoms with Gasteiger partial charge in [-0.2, -0.15) is 0 Å². The summed E-state index contributed by atoms with van der Waals surface area (Å²) in [4.78, 5) is 7.45. The van der Waals surface area contributed by atoms with E-state index in [1.54, 1.807) is 18.2 Å². The van der Waals surface area contributed by atoms with E-state index in [-0.39, 0.29) is 5.82 Å². The van der Waals surface area contributed by atoms with Gasteiger partial charge in [0.25, 0.3) is 0 Å². The van der Waals surface area contributed by atoms with Gasteiger partial charge >= 0.3 is 0 Å². The van der Waals surface area contributed by atoms with Gasteiger partial charge in [0.1, 0.15) is 5.82 Å². The molecule has 78 valence electrons. The zero-order valence-corrected chi connectivity index (χ0v) is 8.44. The lowest BCUT2D eigenvalue weighted by Gasteiger charge is -2.02. The van der Waals surface area contributed by atoms with Gasteiger partial charge in [0.15, 0.2) is 0 Å². The molecule has 16 heavy (non-hydrogen) atoms. The van der Waals surface area contributed by atoms with Crippen LogP contribution in [0, 0.1) is 5.82 Å². The first-order valence-corrected chi connectivity index (χ1v) is 5.03. The first-order chi connectivity index (χ1) is 7.84. The van der Waals surface area contributed by atoms with Crippen molar-refractivity contribution in [3.8, 4) is 11.3 Å². The molecule has 3 heteroatoms. The third-order valence-electron chi connectivity index (χ3n) is 2.55. The molecule has 0 saturated heterocycles. The molecule has 0 radical (unpaired) electrons. The van der Waals surface area contributed by atoms with Crippen LogP contribution < -0.4 is 0 Å². The summed E-state index contributed by atoms with van der Waals surface area (Å²) < 4.78 is 13.6. The number of aromatic nitrogens is 2. The van der Waals surface area contributed by atoms with Gasteiger partial charge in [-0.1, -0.05) is 12.1 Å². The Morgan fingerprint density at radius 3 is 2.75 bits per heavy atom. The van der Waals surface area contributed by atoms with Gasteiger partial charge < -0.3 is 4.98 Å². The molecule has 0 atom stereocenters. The Bertz CT molecular complexity index is 643. The SMILES string of the molecule is Fc1ccccc1-c1ccc2[nH]ccc2n1. The van der Waals surface area contributed by atoms with E-state index in [1.807, 2.05) is 24.4 Å². The van der Waals surface area contributed by atoms with Gasteiger partial charge in [-0.05, 0) is 30.3 Å². The van der Waals surface area contributed by atoms with Crippen LogP contribution in [0.15, 0.2) is 48.7 Å². The second kappa shape index (κ2) is 3.45. The molecule has 0 saturated carbocycles. The van der Waals surface area contributed by atoms with Gasteiger partial charge in [0.05, 0.1) is 16.7 Å². The van der Waals surface area contributed by atoms with Crippen LogP contribution in [0.1, 0.15) is 0 Å². The molecule has 0 aliphatic rings. The summed E-state index contributed by atoms with van der Waals surface area (Å²) in [6.45, 7) is 0. The molecule has 3 aromatic rings. The number of aromatic amines is 1. The Balaban J connectivity index is 2.22. The van der Waals surface area contributed by atoms with Crippen LogP contribution >= 0.6 is 0 Å². The second-order valence-corrected chi connectivity index (χ2v) is 3.59. The number of hydrogen-bond donors (Lipinski definition) is 1. The van der Waals surface area contributed by atoms with Crippen LogP contribution in [-0.4, -0.2) is 9.97 Å².